The van der Waals surface area contributed by atoms with E-state index in [4.69, 9.17) is 4.99 Å². The number of carbonyl (C=O) groups excluding carboxylic acids is 3. The molecule has 2 saturated heterocycles. The fourth-order valence-electron chi connectivity index (χ4n) is 6.05. The highest BCUT2D eigenvalue weighted by Gasteiger charge is 2.36. The number of nitrogens with zero attached hydrogens (tertiary/aromatic N) is 3. The molecule has 1 atom stereocenters. The van der Waals surface area contributed by atoms with Crippen LogP contribution in [0.4, 0.5) is 16.2 Å². The molecule has 4 amide bonds. The summed E-state index contributed by atoms with van der Waals surface area (Å²) in [4.78, 5) is 48.9. The van der Waals surface area contributed by atoms with Crippen LogP contribution >= 0.6 is 0 Å². The summed E-state index contributed by atoms with van der Waals surface area (Å²) in [6.07, 6.45) is 6.12. The van der Waals surface area contributed by atoms with Gasteiger partial charge in [0.15, 0.2) is 0 Å². The Balaban J connectivity index is 1.41. The third kappa shape index (κ3) is 6.32. The van der Waals surface area contributed by atoms with Gasteiger partial charge in [-0.25, -0.2) is 4.79 Å². The molecular weight excluding hydrogens is 490 g/mol. The molecule has 2 aromatic carbocycles. The van der Waals surface area contributed by atoms with Gasteiger partial charge < -0.3 is 15.5 Å². The van der Waals surface area contributed by atoms with Crippen LogP contribution in [0.2, 0.25) is 0 Å². The number of para-hydroxylation sites is 1. The third-order valence-corrected chi connectivity index (χ3v) is 8.17. The fourth-order valence-corrected chi connectivity index (χ4v) is 6.05. The van der Waals surface area contributed by atoms with Gasteiger partial charge in [0.25, 0.3) is 5.91 Å². The fraction of sp³-hybridized carbons (Fsp3) is 0.484. The van der Waals surface area contributed by atoms with Gasteiger partial charge in [0.05, 0.1) is 5.69 Å². The van der Waals surface area contributed by atoms with Crippen molar-refractivity contribution in [2.45, 2.75) is 65.0 Å². The number of carbonyl (C=O) groups is 3. The minimum absolute atomic E-state index is 0.0445. The first kappa shape index (κ1) is 26.9. The van der Waals surface area contributed by atoms with Crippen molar-refractivity contribution >= 4 is 34.9 Å². The van der Waals surface area contributed by atoms with Crippen molar-refractivity contribution in [1.82, 2.24) is 10.2 Å². The van der Waals surface area contributed by atoms with Crippen LogP contribution in [0.5, 0.6) is 0 Å². The predicted octanol–water partition coefficient (Wildman–Crippen LogP) is 5.12. The number of hydrogen-bond acceptors (Lipinski definition) is 4. The van der Waals surface area contributed by atoms with Crippen LogP contribution in [0.1, 0.15) is 63.0 Å². The molecule has 3 heterocycles. The molecule has 6 rings (SSSR count). The Labute approximate surface area is 230 Å². The number of fused-ring (bicyclic) bond motifs is 5. The lowest BCUT2D eigenvalue weighted by Crippen LogP contribution is -2.51. The van der Waals surface area contributed by atoms with Gasteiger partial charge in [0.2, 0.25) is 12.1 Å². The van der Waals surface area contributed by atoms with E-state index in [0.29, 0.717) is 29.6 Å². The molecule has 0 spiro atoms. The molecule has 0 radical (unpaired) electrons. The second-order valence-electron chi connectivity index (χ2n) is 11.2. The summed E-state index contributed by atoms with van der Waals surface area (Å²) in [6, 6.07) is 14.6. The molecule has 4 aliphatic rings. The summed E-state index contributed by atoms with van der Waals surface area (Å²) >= 11 is 0. The van der Waals surface area contributed by atoms with Crippen LogP contribution in [0, 0.1) is 18.8 Å². The van der Waals surface area contributed by atoms with Gasteiger partial charge in [-0.3, -0.25) is 19.5 Å². The Kier molecular flexibility index (Phi) is 8.29. The van der Waals surface area contributed by atoms with E-state index in [1.54, 1.807) is 6.07 Å². The molecule has 0 aromatic heterocycles. The highest BCUT2D eigenvalue weighted by molar-refractivity contribution is 6.14. The normalized spacial score (nSPS) is 22.5. The highest BCUT2D eigenvalue weighted by Crippen LogP contribution is 2.34. The van der Waals surface area contributed by atoms with Gasteiger partial charge in [-0.15, -0.1) is 0 Å². The second kappa shape index (κ2) is 12.0. The Morgan fingerprint density at radius 3 is 2.41 bits per heavy atom. The Morgan fingerprint density at radius 2 is 1.72 bits per heavy atom. The first-order valence-electron chi connectivity index (χ1n) is 14.3. The quantitative estimate of drug-likeness (QED) is 0.521. The molecule has 1 aliphatic carbocycles. The van der Waals surface area contributed by atoms with Gasteiger partial charge in [-0.05, 0) is 81.0 Å². The summed E-state index contributed by atoms with van der Waals surface area (Å²) in [5.74, 6) is 0.642. The first-order valence-corrected chi connectivity index (χ1v) is 14.3. The average Bonchev–Trinajstić information content (AvgIpc) is 3.31. The van der Waals surface area contributed by atoms with Gasteiger partial charge in [0.1, 0.15) is 6.54 Å². The Morgan fingerprint density at radius 1 is 1.00 bits per heavy atom. The summed E-state index contributed by atoms with van der Waals surface area (Å²) < 4.78 is 0. The maximum absolute atomic E-state index is 14.0. The van der Waals surface area contributed by atoms with Crippen molar-refractivity contribution in [2.24, 2.45) is 16.8 Å². The zero-order valence-electron chi connectivity index (χ0n) is 23.0. The minimum Gasteiger partial charge on any atom is -0.341 e. The monoisotopic (exact) mass is 529 g/mol. The van der Waals surface area contributed by atoms with Crippen molar-refractivity contribution in [3.8, 4) is 0 Å². The number of benzene rings is 2. The lowest BCUT2D eigenvalue weighted by molar-refractivity contribution is -0.132. The van der Waals surface area contributed by atoms with Crippen LogP contribution in [0.15, 0.2) is 53.5 Å². The zero-order valence-corrected chi connectivity index (χ0v) is 23.0. The number of rotatable bonds is 7. The summed E-state index contributed by atoms with van der Waals surface area (Å²) in [6.45, 7) is 5.52. The molecule has 8 nitrogen and oxygen atoms in total. The van der Waals surface area contributed by atoms with E-state index in [2.05, 4.69) is 17.6 Å². The number of benzodiazepines with no additional fused rings is 1. The standard InChI is InChI=1S/C31H39N5O3/c1-3-4-11-26-25-10-5-6-12-27(25)36(20-28(37)35-18-22-13-14-23(19-35)16-15-22)30(38)29(33-26)34-31(39)32-24-9-7-8-21(2)17-24/h5-10,12,17,22-23,29H,3-4,11,13-16,18-20H2,1-2H3,(H2,32,34,39). The predicted molar refractivity (Wildman–Crippen MR) is 154 cm³/mol. The number of nitrogens with one attached hydrogen (secondary N) is 2. The van der Waals surface area contributed by atoms with Crippen LogP contribution in [-0.4, -0.2) is 54.3 Å². The van der Waals surface area contributed by atoms with E-state index in [0.717, 1.165) is 42.8 Å². The molecule has 3 fully saturated rings. The molecule has 3 aliphatic heterocycles. The molecule has 8 heteroatoms. The molecule has 39 heavy (non-hydrogen) atoms. The molecule has 1 unspecified atom stereocenters. The maximum Gasteiger partial charge on any atom is 0.321 e. The van der Waals surface area contributed by atoms with Crippen molar-refractivity contribution in [3.05, 3.63) is 59.7 Å². The van der Waals surface area contributed by atoms with Crippen molar-refractivity contribution < 1.29 is 14.4 Å². The first-order chi connectivity index (χ1) is 18.9. The van der Waals surface area contributed by atoms with Crippen LogP contribution in [-0.2, 0) is 9.59 Å². The Bertz CT molecular complexity index is 1240. The van der Waals surface area contributed by atoms with Crippen LogP contribution in [0.25, 0.3) is 0 Å². The zero-order chi connectivity index (χ0) is 27.4. The van der Waals surface area contributed by atoms with E-state index in [1.165, 1.54) is 30.6 Å². The molecule has 2 aromatic rings. The van der Waals surface area contributed by atoms with E-state index < -0.39 is 18.1 Å². The van der Waals surface area contributed by atoms with E-state index in [9.17, 15) is 14.4 Å². The number of amides is 4. The topological polar surface area (TPSA) is 94.1 Å². The number of unbranched alkanes of at least 4 members (excludes halogenated alkanes) is 1. The van der Waals surface area contributed by atoms with Crippen molar-refractivity contribution in [1.29, 1.82) is 0 Å². The maximum atomic E-state index is 14.0. The summed E-state index contributed by atoms with van der Waals surface area (Å²) in [5, 5.41) is 5.60. The van der Waals surface area contributed by atoms with Gasteiger partial charge in [-0.2, -0.15) is 0 Å². The summed E-state index contributed by atoms with van der Waals surface area (Å²) in [7, 11) is 0. The SMILES string of the molecule is CCCCC1=NC(NC(=O)Nc2cccc(C)c2)C(=O)N(CC(=O)N2CC3CCC(CC3)C2)c2ccccc21. The second-order valence-corrected chi connectivity index (χ2v) is 11.2. The number of urea groups is 1. The van der Waals surface area contributed by atoms with E-state index >= 15 is 0 Å². The summed E-state index contributed by atoms with van der Waals surface area (Å²) in [5.41, 5.74) is 3.93. The van der Waals surface area contributed by atoms with E-state index in [-0.39, 0.29) is 12.5 Å². The van der Waals surface area contributed by atoms with Crippen LogP contribution < -0.4 is 15.5 Å². The molecule has 2 N–H and O–H groups in total. The number of anilines is 2. The van der Waals surface area contributed by atoms with Crippen molar-refractivity contribution in [3.63, 3.8) is 0 Å². The van der Waals surface area contributed by atoms with Gasteiger partial charge in [0, 0.05) is 30.1 Å². The van der Waals surface area contributed by atoms with Gasteiger partial charge in [-0.1, -0.05) is 43.7 Å². The van der Waals surface area contributed by atoms with E-state index in [1.807, 2.05) is 54.3 Å². The van der Waals surface area contributed by atoms with Gasteiger partial charge >= 0.3 is 6.03 Å². The Hall–Kier alpha value is -3.68. The minimum atomic E-state index is -1.14. The average molecular weight is 530 g/mol. The smallest absolute Gasteiger partial charge is 0.321 e. The molecular formula is C31H39N5O3. The van der Waals surface area contributed by atoms with Crippen molar-refractivity contribution in [2.75, 3.05) is 29.9 Å². The lowest BCUT2D eigenvalue weighted by atomic mass is 9.84. The highest BCUT2D eigenvalue weighted by atomic mass is 16.2. The molecule has 1 saturated carbocycles. The molecule has 2 bridgehead atoms. The van der Waals surface area contributed by atoms with Crippen LogP contribution in [0.3, 0.4) is 0 Å². The number of aryl methyl sites for hydroxylation is 1. The third-order valence-electron chi connectivity index (χ3n) is 8.17. The largest absolute Gasteiger partial charge is 0.341 e. The number of aliphatic imine (C=N–C) groups is 1. The number of hydrogen-bond donors (Lipinski definition) is 2. The molecule has 206 valence electrons. The lowest BCUT2D eigenvalue weighted by Gasteiger charge is -2.29.